The van der Waals surface area contributed by atoms with E-state index in [2.05, 4.69) is 5.32 Å². The molecule has 0 radical (unpaired) electrons. The van der Waals surface area contributed by atoms with Gasteiger partial charge in [-0.05, 0) is 41.3 Å². The van der Waals surface area contributed by atoms with Gasteiger partial charge in [-0.3, -0.25) is 14.2 Å². The number of Topliss-reactive ketones (excluding diaryl/α,β-unsaturated/α-hetero) is 1. The van der Waals surface area contributed by atoms with Crippen LogP contribution < -0.4 is 5.32 Å². The quantitative estimate of drug-likeness (QED) is 0.611. The van der Waals surface area contributed by atoms with Gasteiger partial charge < -0.3 is 20.1 Å². The van der Waals surface area contributed by atoms with Crippen molar-refractivity contribution in [1.82, 2.24) is 14.8 Å². The number of nitrogens with one attached hydrogen (secondary N) is 1. The molecule has 5 rings (SSSR count). The first-order valence-corrected chi connectivity index (χ1v) is 11.3. The minimum atomic E-state index is -0.883. The Labute approximate surface area is 196 Å². The lowest BCUT2D eigenvalue weighted by molar-refractivity contribution is -0.138. The first-order chi connectivity index (χ1) is 16.5. The van der Waals surface area contributed by atoms with Gasteiger partial charge in [-0.25, -0.2) is 4.79 Å². The molecule has 2 saturated heterocycles. The molecule has 2 aromatic carbocycles. The third-order valence-corrected chi connectivity index (χ3v) is 6.40. The third kappa shape index (κ3) is 4.32. The number of ether oxygens (including phenoxy) is 1. The minimum absolute atomic E-state index is 0.0136. The van der Waals surface area contributed by atoms with Crippen molar-refractivity contribution < 1.29 is 24.2 Å². The van der Waals surface area contributed by atoms with Gasteiger partial charge in [0, 0.05) is 25.4 Å². The van der Waals surface area contributed by atoms with Crippen LogP contribution in [0.1, 0.15) is 12.0 Å². The SMILES string of the molecule is O=C1COC2CCN(C(=O)C(Cc3ccc(O)cc3)NC(=O)n3ccc(-c4ccccc4)c3)C12. The molecule has 2 aliphatic rings. The highest BCUT2D eigenvalue weighted by Gasteiger charge is 2.48. The topological polar surface area (TPSA) is 101 Å². The lowest BCUT2D eigenvalue weighted by Gasteiger charge is -2.27. The molecule has 8 nitrogen and oxygen atoms in total. The zero-order chi connectivity index (χ0) is 23.7. The van der Waals surface area contributed by atoms with Gasteiger partial charge in [-0.2, -0.15) is 0 Å². The number of aromatic hydroxyl groups is 1. The number of carbonyl (C=O) groups is 3. The van der Waals surface area contributed by atoms with Crippen molar-refractivity contribution in [2.75, 3.05) is 13.2 Å². The van der Waals surface area contributed by atoms with Crippen molar-refractivity contribution in [3.63, 3.8) is 0 Å². The normalized spacial score (nSPS) is 20.2. The van der Waals surface area contributed by atoms with Gasteiger partial charge in [-0.1, -0.05) is 42.5 Å². The highest BCUT2D eigenvalue weighted by Crippen LogP contribution is 2.28. The molecule has 0 spiro atoms. The molecular weight excluding hydrogens is 434 g/mol. The van der Waals surface area contributed by atoms with E-state index in [-0.39, 0.29) is 36.6 Å². The van der Waals surface area contributed by atoms with Crippen LogP contribution in [0.5, 0.6) is 5.75 Å². The molecule has 3 unspecified atom stereocenters. The van der Waals surface area contributed by atoms with Gasteiger partial charge in [-0.15, -0.1) is 0 Å². The summed E-state index contributed by atoms with van der Waals surface area (Å²) in [6.07, 6.45) is 3.91. The van der Waals surface area contributed by atoms with E-state index in [1.165, 1.54) is 21.6 Å². The monoisotopic (exact) mass is 459 g/mol. The van der Waals surface area contributed by atoms with Crippen molar-refractivity contribution >= 4 is 17.7 Å². The summed E-state index contributed by atoms with van der Waals surface area (Å²) in [5, 5.41) is 12.4. The first-order valence-electron chi connectivity index (χ1n) is 11.3. The highest BCUT2D eigenvalue weighted by atomic mass is 16.5. The number of carbonyl (C=O) groups excluding carboxylic acids is 3. The van der Waals surface area contributed by atoms with E-state index in [0.717, 1.165) is 16.7 Å². The lowest BCUT2D eigenvalue weighted by atomic mass is 10.0. The molecule has 3 atom stereocenters. The van der Waals surface area contributed by atoms with Crippen molar-refractivity contribution in [2.45, 2.75) is 31.0 Å². The summed E-state index contributed by atoms with van der Waals surface area (Å²) in [4.78, 5) is 40.5. The van der Waals surface area contributed by atoms with Crippen molar-refractivity contribution in [3.05, 3.63) is 78.6 Å². The van der Waals surface area contributed by atoms with Crippen LogP contribution in [0.2, 0.25) is 0 Å². The average Bonchev–Trinajstić information content (AvgIpc) is 3.58. The number of fused-ring (bicyclic) bond motifs is 1. The fourth-order valence-electron chi connectivity index (χ4n) is 4.66. The van der Waals surface area contributed by atoms with Crippen molar-refractivity contribution in [2.24, 2.45) is 0 Å². The predicted octanol–water partition coefficient (Wildman–Crippen LogP) is 2.60. The molecular formula is C26H25N3O5. The molecule has 3 heterocycles. The molecule has 2 aliphatic heterocycles. The van der Waals surface area contributed by atoms with Crippen LogP contribution in [0, 0.1) is 0 Å². The van der Waals surface area contributed by atoms with E-state index in [0.29, 0.717) is 13.0 Å². The minimum Gasteiger partial charge on any atom is -0.508 e. The fourth-order valence-corrected chi connectivity index (χ4v) is 4.66. The first kappa shape index (κ1) is 21.9. The molecule has 8 heteroatoms. The van der Waals surface area contributed by atoms with Gasteiger partial charge in [0.05, 0.1) is 6.10 Å². The van der Waals surface area contributed by atoms with Gasteiger partial charge in [0.1, 0.15) is 24.4 Å². The van der Waals surface area contributed by atoms with Gasteiger partial charge in [0.2, 0.25) is 5.91 Å². The number of hydrogen-bond donors (Lipinski definition) is 2. The summed E-state index contributed by atoms with van der Waals surface area (Å²) >= 11 is 0. The van der Waals surface area contributed by atoms with Gasteiger partial charge in [0.25, 0.3) is 0 Å². The van der Waals surface area contributed by atoms with E-state index in [9.17, 15) is 19.5 Å². The molecule has 0 aliphatic carbocycles. The van der Waals surface area contributed by atoms with E-state index in [1.54, 1.807) is 24.5 Å². The molecule has 0 bridgehead atoms. The van der Waals surface area contributed by atoms with Gasteiger partial charge >= 0.3 is 6.03 Å². The summed E-state index contributed by atoms with van der Waals surface area (Å²) in [7, 11) is 0. The predicted molar refractivity (Wildman–Crippen MR) is 124 cm³/mol. The number of phenols is 1. The number of nitrogens with zero attached hydrogens (tertiary/aromatic N) is 2. The highest BCUT2D eigenvalue weighted by molar-refractivity contribution is 5.95. The number of phenolic OH excluding ortho intramolecular Hbond substituents is 1. The molecule has 34 heavy (non-hydrogen) atoms. The zero-order valence-electron chi connectivity index (χ0n) is 18.5. The maximum absolute atomic E-state index is 13.5. The summed E-state index contributed by atoms with van der Waals surface area (Å²) in [5.74, 6) is -0.306. The maximum atomic E-state index is 13.5. The van der Waals surface area contributed by atoms with Crippen molar-refractivity contribution in [1.29, 1.82) is 0 Å². The number of rotatable bonds is 5. The van der Waals surface area contributed by atoms with Crippen LogP contribution in [-0.2, 0) is 20.7 Å². The number of aromatic nitrogens is 1. The number of ketones is 1. The molecule has 174 valence electrons. The van der Waals surface area contributed by atoms with Crippen LogP contribution in [0.4, 0.5) is 4.79 Å². The molecule has 0 saturated carbocycles. The van der Waals surface area contributed by atoms with Crippen LogP contribution in [0.15, 0.2) is 73.1 Å². The molecule has 1 aromatic heterocycles. The maximum Gasteiger partial charge on any atom is 0.326 e. The Morgan fingerprint density at radius 3 is 2.59 bits per heavy atom. The Morgan fingerprint density at radius 2 is 1.82 bits per heavy atom. The number of likely N-dealkylation sites (tertiary alicyclic amines) is 1. The standard InChI is InChI=1S/C26H25N3O5/c30-20-8-6-17(7-9-20)14-21(25(32)29-13-11-23-24(29)22(31)16-34-23)27-26(33)28-12-10-19(15-28)18-4-2-1-3-5-18/h1-10,12,15,21,23-24,30H,11,13-14,16H2,(H,27,33). The Bertz CT molecular complexity index is 1200. The largest absolute Gasteiger partial charge is 0.508 e. The molecule has 3 aromatic rings. The van der Waals surface area contributed by atoms with Crippen LogP contribution in [0.25, 0.3) is 11.1 Å². The number of hydrogen-bond acceptors (Lipinski definition) is 5. The second-order valence-electron chi connectivity index (χ2n) is 8.63. The lowest BCUT2D eigenvalue weighted by Crippen LogP contribution is -2.53. The Balaban J connectivity index is 1.37. The molecule has 2 fully saturated rings. The second kappa shape index (κ2) is 9.15. The Hall–Kier alpha value is -3.91. The summed E-state index contributed by atoms with van der Waals surface area (Å²) in [6, 6.07) is 16.1. The van der Waals surface area contributed by atoms with E-state index < -0.39 is 18.1 Å². The Kier molecular flexibility index (Phi) is 5.90. The summed E-state index contributed by atoms with van der Waals surface area (Å²) in [6.45, 7) is 0.420. The average molecular weight is 460 g/mol. The van der Waals surface area contributed by atoms with E-state index in [1.807, 2.05) is 36.4 Å². The van der Waals surface area contributed by atoms with Crippen LogP contribution in [-0.4, -0.2) is 63.6 Å². The van der Waals surface area contributed by atoms with Crippen molar-refractivity contribution in [3.8, 4) is 16.9 Å². The summed E-state index contributed by atoms with van der Waals surface area (Å²) in [5.41, 5.74) is 2.64. The molecule has 2 N–H and O–H groups in total. The zero-order valence-corrected chi connectivity index (χ0v) is 18.5. The summed E-state index contributed by atoms with van der Waals surface area (Å²) < 4.78 is 6.93. The smallest absolute Gasteiger partial charge is 0.326 e. The van der Waals surface area contributed by atoms with Crippen LogP contribution in [0.3, 0.4) is 0 Å². The third-order valence-electron chi connectivity index (χ3n) is 6.40. The van der Waals surface area contributed by atoms with Crippen LogP contribution >= 0.6 is 0 Å². The second-order valence-corrected chi connectivity index (χ2v) is 8.63. The number of benzene rings is 2. The number of amides is 2. The Morgan fingerprint density at radius 1 is 1.06 bits per heavy atom. The molecule has 2 amide bonds. The van der Waals surface area contributed by atoms with E-state index in [4.69, 9.17) is 4.74 Å². The fraction of sp³-hybridized carbons (Fsp3) is 0.269. The van der Waals surface area contributed by atoms with E-state index >= 15 is 0 Å². The van der Waals surface area contributed by atoms with Gasteiger partial charge in [0.15, 0.2) is 5.78 Å².